The predicted molar refractivity (Wildman–Crippen MR) is 78.2 cm³/mol. The fourth-order valence-corrected chi connectivity index (χ4v) is 3.55. The van der Waals surface area contributed by atoms with Gasteiger partial charge >= 0.3 is 0 Å². The molecule has 3 unspecified atom stereocenters. The van der Waals surface area contributed by atoms with E-state index in [-0.39, 0.29) is 11.5 Å². The summed E-state index contributed by atoms with van der Waals surface area (Å²) in [4.78, 5) is 2.51. The zero-order chi connectivity index (χ0) is 14.0. The van der Waals surface area contributed by atoms with Crippen molar-refractivity contribution in [2.75, 3.05) is 19.6 Å². The first-order valence-corrected chi connectivity index (χ1v) is 7.65. The molecular formula is C15H29N3O. The monoisotopic (exact) mass is 267 g/mol. The van der Waals surface area contributed by atoms with E-state index in [1.807, 2.05) is 13.8 Å². The SMILES string of the molecule is CC(C)(CCCCN1CC2CCC(O)C2C1)C(=N)N. The summed E-state index contributed by atoms with van der Waals surface area (Å²) in [5, 5.41) is 17.4. The number of nitrogens with two attached hydrogens (primary N) is 1. The van der Waals surface area contributed by atoms with E-state index in [0.717, 1.165) is 38.3 Å². The number of hydrogen-bond donors (Lipinski definition) is 3. The highest BCUT2D eigenvalue weighted by Crippen LogP contribution is 2.38. The lowest BCUT2D eigenvalue weighted by molar-refractivity contribution is 0.124. The Labute approximate surface area is 116 Å². The Kier molecular flexibility index (Phi) is 4.51. The quantitative estimate of drug-likeness (QED) is 0.390. The molecule has 1 saturated carbocycles. The van der Waals surface area contributed by atoms with Crippen LogP contribution in [-0.4, -0.2) is 41.6 Å². The summed E-state index contributed by atoms with van der Waals surface area (Å²) < 4.78 is 0. The molecule has 3 atom stereocenters. The number of nitrogens with one attached hydrogen (secondary N) is 1. The Bertz CT molecular complexity index is 329. The molecule has 0 radical (unpaired) electrons. The molecule has 4 heteroatoms. The number of likely N-dealkylation sites (tertiary alicyclic amines) is 1. The number of unbranched alkanes of at least 4 members (excludes halogenated alkanes) is 1. The van der Waals surface area contributed by atoms with Crippen LogP contribution in [0.25, 0.3) is 0 Å². The zero-order valence-corrected chi connectivity index (χ0v) is 12.4. The molecule has 4 nitrogen and oxygen atoms in total. The molecule has 0 aromatic rings. The molecule has 2 aliphatic rings. The minimum Gasteiger partial charge on any atom is -0.393 e. The standard InChI is InChI=1S/C15H29N3O/c1-15(2,14(16)17)7-3-4-8-18-9-11-5-6-13(19)12(11)10-18/h11-13,19H,3-10H2,1-2H3,(H3,16,17). The van der Waals surface area contributed by atoms with Crippen molar-refractivity contribution in [3.05, 3.63) is 0 Å². The van der Waals surface area contributed by atoms with Crippen molar-refractivity contribution in [1.82, 2.24) is 4.90 Å². The van der Waals surface area contributed by atoms with E-state index in [1.165, 1.54) is 19.4 Å². The molecule has 0 aromatic carbocycles. The van der Waals surface area contributed by atoms with Gasteiger partial charge in [-0.1, -0.05) is 20.3 Å². The number of rotatable bonds is 6. The molecule has 1 aliphatic heterocycles. The van der Waals surface area contributed by atoms with Crippen LogP contribution >= 0.6 is 0 Å². The molecule has 1 heterocycles. The smallest absolute Gasteiger partial charge is 0.0963 e. The minimum atomic E-state index is -0.155. The zero-order valence-electron chi connectivity index (χ0n) is 12.4. The van der Waals surface area contributed by atoms with Crippen LogP contribution < -0.4 is 5.73 Å². The van der Waals surface area contributed by atoms with E-state index in [2.05, 4.69) is 4.90 Å². The summed E-state index contributed by atoms with van der Waals surface area (Å²) in [5.74, 6) is 1.57. The lowest BCUT2D eigenvalue weighted by Gasteiger charge is -2.23. The van der Waals surface area contributed by atoms with Crippen molar-refractivity contribution in [3.63, 3.8) is 0 Å². The van der Waals surface area contributed by atoms with E-state index >= 15 is 0 Å². The Morgan fingerprint density at radius 2 is 2.05 bits per heavy atom. The van der Waals surface area contributed by atoms with Crippen molar-refractivity contribution in [2.24, 2.45) is 23.0 Å². The van der Waals surface area contributed by atoms with Crippen LogP contribution in [0.1, 0.15) is 46.0 Å². The summed E-state index contributed by atoms with van der Waals surface area (Å²) in [6.07, 6.45) is 5.46. The average molecular weight is 267 g/mol. The summed E-state index contributed by atoms with van der Waals surface area (Å²) in [7, 11) is 0. The number of amidine groups is 1. The van der Waals surface area contributed by atoms with Gasteiger partial charge in [0.1, 0.15) is 0 Å². The number of aliphatic hydroxyl groups is 1. The van der Waals surface area contributed by atoms with Gasteiger partial charge in [0.2, 0.25) is 0 Å². The molecule has 1 aliphatic carbocycles. The highest BCUT2D eigenvalue weighted by molar-refractivity contribution is 5.82. The van der Waals surface area contributed by atoms with Crippen LogP contribution in [0.3, 0.4) is 0 Å². The van der Waals surface area contributed by atoms with Gasteiger partial charge in [0.15, 0.2) is 0 Å². The molecule has 0 spiro atoms. The van der Waals surface area contributed by atoms with Gasteiger partial charge in [0.05, 0.1) is 11.9 Å². The average Bonchev–Trinajstić information content (AvgIpc) is 2.87. The second kappa shape index (κ2) is 5.80. The second-order valence-electron chi connectivity index (χ2n) is 7.08. The third-order valence-electron chi connectivity index (χ3n) is 5.15. The first-order chi connectivity index (χ1) is 8.90. The molecule has 0 aromatic heterocycles. The van der Waals surface area contributed by atoms with Gasteiger partial charge in [-0.3, -0.25) is 5.41 Å². The normalized spacial score (nSPS) is 31.6. The first-order valence-electron chi connectivity index (χ1n) is 7.65. The maximum absolute atomic E-state index is 9.89. The van der Waals surface area contributed by atoms with Crippen LogP contribution in [0, 0.1) is 22.7 Å². The minimum absolute atomic E-state index is 0.0494. The van der Waals surface area contributed by atoms with Crippen molar-refractivity contribution < 1.29 is 5.11 Å². The molecule has 0 bridgehead atoms. The van der Waals surface area contributed by atoms with Gasteiger partial charge in [0, 0.05) is 24.4 Å². The molecule has 19 heavy (non-hydrogen) atoms. The van der Waals surface area contributed by atoms with Gasteiger partial charge in [-0.05, 0) is 38.1 Å². The van der Waals surface area contributed by atoms with Crippen molar-refractivity contribution >= 4 is 5.84 Å². The van der Waals surface area contributed by atoms with Crippen LogP contribution in [-0.2, 0) is 0 Å². The Morgan fingerprint density at radius 1 is 1.32 bits per heavy atom. The lowest BCUT2D eigenvalue weighted by Crippen LogP contribution is -2.31. The second-order valence-corrected chi connectivity index (χ2v) is 7.08. The molecule has 0 amide bonds. The van der Waals surface area contributed by atoms with Crippen molar-refractivity contribution in [1.29, 1.82) is 5.41 Å². The number of aliphatic hydroxyl groups excluding tert-OH is 1. The molecule has 1 saturated heterocycles. The highest BCUT2D eigenvalue weighted by atomic mass is 16.3. The van der Waals surface area contributed by atoms with Crippen LogP contribution in [0.15, 0.2) is 0 Å². The molecule has 110 valence electrons. The molecule has 2 rings (SSSR count). The number of fused-ring (bicyclic) bond motifs is 1. The largest absolute Gasteiger partial charge is 0.393 e. The van der Waals surface area contributed by atoms with E-state index in [1.54, 1.807) is 0 Å². The summed E-state index contributed by atoms with van der Waals surface area (Å²) in [6, 6.07) is 0. The van der Waals surface area contributed by atoms with Gasteiger partial charge in [-0.2, -0.15) is 0 Å². The van der Waals surface area contributed by atoms with E-state index < -0.39 is 0 Å². The number of hydrogen-bond acceptors (Lipinski definition) is 3. The van der Waals surface area contributed by atoms with Crippen LogP contribution in [0.2, 0.25) is 0 Å². The van der Waals surface area contributed by atoms with E-state index in [9.17, 15) is 5.11 Å². The third kappa shape index (κ3) is 3.48. The maximum atomic E-state index is 9.89. The van der Waals surface area contributed by atoms with Gasteiger partial charge in [-0.25, -0.2) is 0 Å². The topological polar surface area (TPSA) is 73.3 Å². The van der Waals surface area contributed by atoms with Crippen molar-refractivity contribution in [2.45, 2.75) is 52.1 Å². The van der Waals surface area contributed by atoms with Gasteiger partial charge < -0.3 is 15.7 Å². The first kappa shape index (κ1) is 14.8. The lowest BCUT2D eigenvalue weighted by atomic mass is 9.86. The molecular weight excluding hydrogens is 238 g/mol. The van der Waals surface area contributed by atoms with Crippen molar-refractivity contribution in [3.8, 4) is 0 Å². The third-order valence-corrected chi connectivity index (χ3v) is 5.15. The fourth-order valence-electron chi connectivity index (χ4n) is 3.55. The van der Waals surface area contributed by atoms with E-state index in [0.29, 0.717) is 11.8 Å². The summed E-state index contributed by atoms with van der Waals surface area (Å²) >= 11 is 0. The molecule has 4 N–H and O–H groups in total. The summed E-state index contributed by atoms with van der Waals surface area (Å²) in [6.45, 7) is 7.49. The number of nitrogens with zero attached hydrogens (tertiary/aromatic N) is 1. The highest BCUT2D eigenvalue weighted by Gasteiger charge is 2.41. The maximum Gasteiger partial charge on any atom is 0.0963 e. The van der Waals surface area contributed by atoms with Gasteiger partial charge in [0.25, 0.3) is 0 Å². The Morgan fingerprint density at radius 3 is 2.68 bits per heavy atom. The molecule has 2 fully saturated rings. The van der Waals surface area contributed by atoms with E-state index in [4.69, 9.17) is 11.1 Å². The van der Waals surface area contributed by atoms with Crippen LogP contribution in [0.5, 0.6) is 0 Å². The van der Waals surface area contributed by atoms with Crippen LogP contribution in [0.4, 0.5) is 0 Å². The van der Waals surface area contributed by atoms with Gasteiger partial charge in [-0.15, -0.1) is 0 Å². The fraction of sp³-hybridized carbons (Fsp3) is 0.933. The predicted octanol–water partition coefficient (Wildman–Crippen LogP) is 1.82. The Hall–Kier alpha value is -0.610. The Balaban J connectivity index is 1.64. The summed E-state index contributed by atoms with van der Waals surface area (Å²) in [5.41, 5.74) is 5.44.